The molecule has 1 aliphatic rings. The van der Waals surface area contributed by atoms with Gasteiger partial charge in [-0.2, -0.15) is 0 Å². The lowest BCUT2D eigenvalue weighted by Gasteiger charge is -2.23. The minimum atomic E-state index is 0.640. The van der Waals surface area contributed by atoms with Crippen LogP contribution in [-0.2, 0) is 6.54 Å². The van der Waals surface area contributed by atoms with Crippen LogP contribution < -0.4 is 14.8 Å². The summed E-state index contributed by atoms with van der Waals surface area (Å²) in [5.41, 5.74) is 1.06. The first-order valence-corrected chi connectivity index (χ1v) is 9.01. The van der Waals surface area contributed by atoms with Crippen molar-refractivity contribution in [2.45, 2.75) is 45.7 Å². The van der Waals surface area contributed by atoms with Gasteiger partial charge in [0.2, 0.25) is 0 Å². The minimum absolute atomic E-state index is 0.640. The number of halogens is 1. The fraction of sp³-hybridized carbons (Fsp3) is 0.667. The Balaban J connectivity index is 2.01. The molecule has 1 aromatic carbocycles. The molecule has 1 atom stereocenters. The molecule has 0 unspecified atom stereocenters. The first-order valence-electron chi connectivity index (χ1n) is 8.63. The lowest BCUT2D eigenvalue weighted by atomic mass is 10.1. The molecule has 4 nitrogen and oxygen atoms in total. The third-order valence-corrected chi connectivity index (χ3v) is 4.59. The van der Waals surface area contributed by atoms with Gasteiger partial charge in [-0.25, -0.2) is 0 Å². The fourth-order valence-electron chi connectivity index (χ4n) is 3.19. The SMILES string of the molecule is CCCOc1c(CNC[C@H]2CCCN2CC)cc(Cl)cc1OC. The maximum Gasteiger partial charge on any atom is 0.165 e. The Bertz CT molecular complexity index is 496. The van der Waals surface area contributed by atoms with E-state index in [-0.39, 0.29) is 0 Å². The van der Waals surface area contributed by atoms with Crippen LogP contribution in [0.2, 0.25) is 5.02 Å². The molecule has 0 radical (unpaired) electrons. The predicted octanol–water partition coefficient (Wildman–Crippen LogP) is 3.71. The standard InChI is InChI=1S/C18H29ClN2O2/c1-4-9-23-18-14(10-15(19)11-17(18)22-3)12-20-13-16-7-6-8-21(16)5-2/h10-11,16,20H,4-9,12-13H2,1-3H3/t16-/m1/s1. The predicted molar refractivity (Wildman–Crippen MR) is 95.8 cm³/mol. The highest BCUT2D eigenvalue weighted by molar-refractivity contribution is 6.30. The zero-order chi connectivity index (χ0) is 16.7. The lowest BCUT2D eigenvalue weighted by Crippen LogP contribution is -2.37. The highest BCUT2D eigenvalue weighted by Gasteiger charge is 2.22. The van der Waals surface area contributed by atoms with Gasteiger partial charge in [0, 0.05) is 35.8 Å². The van der Waals surface area contributed by atoms with Crippen molar-refractivity contribution in [1.82, 2.24) is 10.2 Å². The normalized spacial score (nSPS) is 18.3. The largest absolute Gasteiger partial charge is 0.493 e. The summed E-state index contributed by atoms with van der Waals surface area (Å²) < 4.78 is 11.3. The molecule has 1 heterocycles. The van der Waals surface area contributed by atoms with Gasteiger partial charge in [-0.05, 0) is 38.4 Å². The van der Waals surface area contributed by atoms with Crippen LogP contribution in [-0.4, -0.2) is 44.3 Å². The number of hydrogen-bond donors (Lipinski definition) is 1. The summed E-state index contributed by atoms with van der Waals surface area (Å²) in [7, 11) is 1.65. The van der Waals surface area contributed by atoms with Crippen molar-refractivity contribution in [3.8, 4) is 11.5 Å². The van der Waals surface area contributed by atoms with Gasteiger partial charge in [-0.1, -0.05) is 25.4 Å². The molecule has 0 spiro atoms. The maximum atomic E-state index is 6.21. The van der Waals surface area contributed by atoms with Crippen LogP contribution in [0.15, 0.2) is 12.1 Å². The first kappa shape index (κ1) is 18.4. The van der Waals surface area contributed by atoms with Gasteiger partial charge in [0.1, 0.15) is 0 Å². The number of hydrogen-bond acceptors (Lipinski definition) is 4. The van der Waals surface area contributed by atoms with Crippen molar-refractivity contribution in [2.75, 3.05) is 33.4 Å². The number of methoxy groups -OCH3 is 1. The summed E-state index contributed by atoms with van der Waals surface area (Å²) in [4.78, 5) is 2.54. The summed E-state index contributed by atoms with van der Waals surface area (Å²) >= 11 is 6.21. The van der Waals surface area contributed by atoms with E-state index in [1.165, 1.54) is 19.4 Å². The average molecular weight is 341 g/mol. The van der Waals surface area contributed by atoms with Crippen LogP contribution in [0.5, 0.6) is 11.5 Å². The molecule has 2 rings (SSSR count). The van der Waals surface area contributed by atoms with Crippen molar-refractivity contribution in [3.63, 3.8) is 0 Å². The number of nitrogens with one attached hydrogen (secondary N) is 1. The molecule has 130 valence electrons. The number of rotatable bonds is 9. The number of benzene rings is 1. The van der Waals surface area contributed by atoms with E-state index in [0.717, 1.165) is 37.4 Å². The smallest absolute Gasteiger partial charge is 0.165 e. The topological polar surface area (TPSA) is 33.7 Å². The Morgan fingerprint density at radius 3 is 2.87 bits per heavy atom. The third kappa shape index (κ3) is 5.00. The van der Waals surface area contributed by atoms with Gasteiger partial charge in [0.15, 0.2) is 11.5 Å². The molecular formula is C18H29ClN2O2. The zero-order valence-corrected chi connectivity index (χ0v) is 15.3. The molecule has 1 aromatic rings. The molecule has 1 saturated heterocycles. The summed E-state index contributed by atoms with van der Waals surface area (Å²) in [6.07, 6.45) is 3.54. The molecule has 1 fully saturated rings. The van der Waals surface area contributed by atoms with Crippen LogP contribution in [0.3, 0.4) is 0 Å². The summed E-state index contributed by atoms with van der Waals surface area (Å²) in [6.45, 7) is 9.09. The summed E-state index contributed by atoms with van der Waals surface area (Å²) in [5, 5.41) is 4.25. The van der Waals surface area contributed by atoms with Gasteiger partial charge >= 0.3 is 0 Å². The summed E-state index contributed by atoms with van der Waals surface area (Å²) in [5.74, 6) is 1.52. The van der Waals surface area contributed by atoms with Gasteiger partial charge in [-0.15, -0.1) is 0 Å². The highest BCUT2D eigenvalue weighted by Crippen LogP contribution is 2.35. The number of nitrogens with zero attached hydrogens (tertiary/aromatic N) is 1. The van der Waals surface area contributed by atoms with Crippen molar-refractivity contribution >= 4 is 11.6 Å². The number of ether oxygens (including phenoxy) is 2. The quantitative estimate of drug-likeness (QED) is 0.743. The first-order chi connectivity index (χ1) is 11.2. The zero-order valence-electron chi connectivity index (χ0n) is 14.5. The molecule has 0 bridgehead atoms. The van der Waals surface area contributed by atoms with Crippen molar-refractivity contribution in [3.05, 3.63) is 22.7 Å². The third-order valence-electron chi connectivity index (χ3n) is 4.37. The molecule has 1 N–H and O–H groups in total. The van der Waals surface area contributed by atoms with Gasteiger partial charge in [0.25, 0.3) is 0 Å². The monoisotopic (exact) mass is 340 g/mol. The molecule has 0 aromatic heterocycles. The van der Waals surface area contributed by atoms with E-state index >= 15 is 0 Å². The Labute approximate surface area is 145 Å². The van der Waals surface area contributed by atoms with Crippen molar-refractivity contribution in [2.24, 2.45) is 0 Å². The van der Waals surface area contributed by atoms with Crippen LogP contribution >= 0.6 is 11.6 Å². The van der Waals surface area contributed by atoms with Gasteiger partial charge in [0.05, 0.1) is 13.7 Å². The molecular weight excluding hydrogens is 312 g/mol. The van der Waals surface area contributed by atoms with Crippen molar-refractivity contribution < 1.29 is 9.47 Å². The van der Waals surface area contributed by atoms with E-state index in [4.69, 9.17) is 21.1 Å². The van der Waals surface area contributed by atoms with E-state index in [2.05, 4.69) is 24.1 Å². The van der Waals surface area contributed by atoms with E-state index < -0.39 is 0 Å². The molecule has 1 aliphatic heterocycles. The minimum Gasteiger partial charge on any atom is -0.493 e. The second-order valence-electron chi connectivity index (χ2n) is 6.00. The molecule has 0 saturated carbocycles. The van der Waals surface area contributed by atoms with Crippen molar-refractivity contribution in [1.29, 1.82) is 0 Å². The van der Waals surface area contributed by atoms with E-state index in [9.17, 15) is 0 Å². The highest BCUT2D eigenvalue weighted by atomic mass is 35.5. The van der Waals surface area contributed by atoms with E-state index in [1.807, 2.05) is 12.1 Å². The molecule has 5 heteroatoms. The molecule has 23 heavy (non-hydrogen) atoms. The van der Waals surface area contributed by atoms with Crippen LogP contribution in [0.1, 0.15) is 38.7 Å². The number of likely N-dealkylation sites (N-methyl/N-ethyl adjacent to an activating group) is 1. The second-order valence-corrected chi connectivity index (χ2v) is 6.44. The molecule has 0 amide bonds. The average Bonchev–Trinajstić information content (AvgIpc) is 3.01. The van der Waals surface area contributed by atoms with Gasteiger partial charge in [-0.3, -0.25) is 4.90 Å². The van der Waals surface area contributed by atoms with E-state index in [0.29, 0.717) is 23.4 Å². The maximum absolute atomic E-state index is 6.21. The second kappa shape index (κ2) is 9.36. The Morgan fingerprint density at radius 2 is 2.17 bits per heavy atom. The Kier molecular flexibility index (Phi) is 7.47. The van der Waals surface area contributed by atoms with Crippen LogP contribution in [0.4, 0.5) is 0 Å². The van der Waals surface area contributed by atoms with Crippen LogP contribution in [0, 0.1) is 0 Å². The number of likely N-dealkylation sites (tertiary alicyclic amines) is 1. The lowest BCUT2D eigenvalue weighted by molar-refractivity contribution is 0.258. The van der Waals surface area contributed by atoms with Crippen LogP contribution in [0.25, 0.3) is 0 Å². The fourth-order valence-corrected chi connectivity index (χ4v) is 3.42. The van der Waals surface area contributed by atoms with E-state index in [1.54, 1.807) is 7.11 Å². The molecule has 0 aliphatic carbocycles. The Morgan fingerprint density at radius 1 is 1.35 bits per heavy atom. The van der Waals surface area contributed by atoms with Gasteiger partial charge < -0.3 is 14.8 Å². The Hall–Kier alpha value is -0.970. The summed E-state index contributed by atoms with van der Waals surface area (Å²) in [6, 6.07) is 4.42.